The van der Waals surface area contributed by atoms with E-state index in [1.54, 1.807) is 18.2 Å². The van der Waals surface area contributed by atoms with E-state index in [0.717, 1.165) is 26.4 Å². The Labute approximate surface area is 273 Å². The summed E-state index contributed by atoms with van der Waals surface area (Å²) in [6, 6.07) is 10.6. The van der Waals surface area contributed by atoms with Crippen molar-refractivity contribution in [1.29, 1.82) is 0 Å². The summed E-state index contributed by atoms with van der Waals surface area (Å²) < 4.78 is 66.0. The lowest BCUT2D eigenvalue weighted by molar-refractivity contribution is -0.156. The van der Waals surface area contributed by atoms with Gasteiger partial charge < -0.3 is 23.0 Å². The van der Waals surface area contributed by atoms with Crippen LogP contribution in [0.1, 0.15) is 50.7 Å². The molecule has 12 heteroatoms. The Hall–Kier alpha value is -2.33. The first kappa shape index (κ1) is 33.6. The minimum absolute atomic E-state index is 0.0312. The second kappa shape index (κ2) is 15.1. The third-order valence-corrected chi connectivity index (χ3v) is 7.97. The average molecular weight is 826 g/mol. The molecular formula is C31H31F3I2O7. The summed E-state index contributed by atoms with van der Waals surface area (Å²) in [5.74, 6) is 0.0559. The van der Waals surface area contributed by atoms with Crippen molar-refractivity contribution < 1.29 is 36.2 Å². The number of hydrogen-bond acceptors (Lipinski definition) is 7. The van der Waals surface area contributed by atoms with Gasteiger partial charge in [-0.25, -0.2) is 0 Å². The van der Waals surface area contributed by atoms with E-state index in [1.165, 1.54) is 0 Å². The molecule has 1 fully saturated rings. The van der Waals surface area contributed by atoms with Crippen LogP contribution in [-0.2, 0) is 17.6 Å². The first-order chi connectivity index (χ1) is 20.5. The van der Waals surface area contributed by atoms with Gasteiger partial charge in [0.15, 0.2) is 17.5 Å². The fraction of sp³-hybridized carbons (Fsp3) is 0.419. The van der Waals surface area contributed by atoms with Crippen molar-refractivity contribution in [2.75, 3.05) is 19.8 Å². The number of hydrogen-bond donors (Lipinski definition) is 0. The van der Waals surface area contributed by atoms with E-state index in [9.17, 15) is 22.8 Å². The van der Waals surface area contributed by atoms with Crippen LogP contribution < -0.4 is 20.3 Å². The van der Waals surface area contributed by atoms with Crippen LogP contribution in [0, 0.1) is 7.14 Å². The fourth-order valence-electron chi connectivity index (χ4n) is 4.61. The van der Waals surface area contributed by atoms with Gasteiger partial charge in [0.05, 0.1) is 35.1 Å². The second-order valence-corrected chi connectivity index (χ2v) is 12.5. The fourth-order valence-corrected chi connectivity index (χ4v) is 5.59. The Morgan fingerprint density at radius 3 is 1.79 bits per heavy atom. The van der Waals surface area contributed by atoms with E-state index in [2.05, 4.69) is 56.8 Å². The molecule has 1 aliphatic rings. The average Bonchev–Trinajstić information content (AvgIpc) is 2.97. The van der Waals surface area contributed by atoms with Gasteiger partial charge in [-0.2, -0.15) is 13.2 Å². The van der Waals surface area contributed by atoms with Gasteiger partial charge in [-0.3, -0.25) is 9.59 Å². The maximum atomic E-state index is 12.8. The van der Waals surface area contributed by atoms with Gasteiger partial charge in [-0.1, -0.05) is 26.7 Å². The molecule has 232 valence electrons. The van der Waals surface area contributed by atoms with Crippen LogP contribution in [0.5, 0.6) is 11.9 Å². The minimum Gasteiger partial charge on any atom is -0.461 e. The van der Waals surface area contributed by atoms with E-state index < -0.39 is 12.8 Å². The van der Waals surface area contributed by atoms with E-state index >= 15 is 0 Å². The standard InChI is InChI=1S/C17H19IO4.C14H12F3IO3/c1-2-3-13-16(19)14-10-11(18)4-5-15(14)22-17(13)21-12-6-8-20-9-7-12;1-2-3-9-12(19)10-6-8(18)4-5-11(10)21-13(9)20-7-14(15,16)17/h4-5,10,12H,2-3,6-9H2,1H3;4-6H,2-3,7H2,1H3. The van der Waals surface area contributed by atoms with Crippen molar-refractivity contribution in [2.45, 2.75) is 64.7 Å². The smallest absolute Gasteiger partial charge is 0.422 e. The van der Waals surface area contributed by atoms with E-state index in [0.29, 0.717) is 60.3 Å². The third kappa shape index (κ3) is 8.87. The quantitative estimate of drug-likeness (QED) is 0.166. The summed E-state index contributed by atoms with van der Waals surface area (Å²) in [5.41, 5.74) is 1.31. The van der Waals surface area contributed by atoms with Gasteiger partial charge in [0.25, 0.3) is 11.9 Å². The highest BCUT2D eigenvalue weighted by atomic mass is 127. The lowest BCUT2D eigenvalue weighted by Crippen LogP contribution is -2.27. The molecular weight excluding hydrogens is 795 g/mol. The molecule has 1 aliphatic heterocycles. The third-order valence-electron chi connectivity index (χ3n) is 6.63. The van der Waals surface area contributed by atoms with Gasteiger partial charge >= 0.3 is 6.18 Å². The van der Waals surface area contributed by atoms with Crippen molar-refractivity contribution in [1.82, 2.24) is 0 Å². The Morgan fingerprint density at radius 2 is 1.30 bits per heavy atom. The highest BCUT2D eigenvalue weighted by Gasteiger charge is 2.30. The van der Waals surface area contributed by atoms with Gasteiger partial charge in [-0.05, 0) is 94.4 Å². The van der Waals surface area contributed by atoms with Gasteiger partial charge in [0.2, 0.25) is 0 Å². The molecule has 0 bridgehead atoms. The molecule has 2 aromatic heterocycles. The molecule has 4 aromatic rings. The molecule has 0 radical (unpaired) electrons. The molecule has 0 saturated carbocycles. The normalized spacial score (nSPS) is 14.0. The van der Waals surface area contributed by atoms with Crippen LogP contribution in [0.4, 0.5) is 13.2 Å². The Balaban J connectivity index is 0.000000197. The first-order valence-corrected chi connectivity index (χ1v) is 16.1. The SMILES string of the molecule is CCCc1c(OC2CCOCC2)oc2ccc(I)cc2c1=O.CCCc1c(OCC(F)(F)F)oc2ccc(I)cc2c1=O. The van der Waals surface area contributed by atoms with Crippen molar-refractivity contribution >= 4 is 67.1 Å². The Kier molecular flexibility index (Phi) is 11.8. The van der Waals surface area contributed by atoms with Crippen LogP contribution in [0.15, 0.2) is 54.8 Å². The molecule has 43 heavy (non-hydrogen) atoms. The van der Waals surface area contributed by atoms with Crippen molar-refractivity contribution in [2.24, 2.45) is 0 Å². The molecule has 0 atom stereocenters. The van der Waals surface area contributed by atoms with Crippen LogP contribution in [0.3, 0.4) is 0 Å². The summed E-state index contributed by atoms with van der Waals surface area (Å²) in [6.07, 6.45) is -0.302. The van der Waals surface area contributed by atoms with Gasteiger partial charge in [-0.15, -0.1) is 0 Å². The topological polar surface area (TPSA) is 88.1 Å². The molecule has 3 heterocycles. The highest BCUT2D eigenvalue weighted by molar-refractivity contribution is 14.1. The van der Waals surface area contributed by atoms with E-state index in [4.69, 9.17) is 18.3 Å². The van der Waals surface area contributed by atoms with Crippen LogP contribution >= 0.6 is 45.2 Å². The molecule has 0 amide bonds. The predicted molar refractivity (Wildman–Crippen MR) is 174 cm³/mol. The predicted octanol–water partition coefficient (Wildman–Crippen LogP) is 8.20. The number of rotatable bonds is 8. The van der Waals surface area contributed by atoms with Crippen LogP contribution in [0.25, 0.3) is 21.9 Å². The number of benzene rings is 2. The zero-order chi connectivity index (χ0) is 31.1. The largest absolute Gasteiger partial charge is 0.461 e. The zero-order valence-electron chi connectivity index (χ0n) is 23.7. The molecule has 0 aliphatic carbocycles. The number of ether oxygens (including phenoxy) is 3. The molecule has 0 spiro atoms. The van der Waals surface area contributed by atoms with Crippen LogP contribution in [0.2, 0.25) is 0 Å². The molecule has 0 N–H and O–H groups in total. The summed E-state index contributed by atoms with van der Waals surface area (Å²) >= 11 is 4.26. The van der Waals surface area contributed by atoms with E-state index in [-0.39, 0.29) is 34.1 Å². The Morgan fingerprint density at radius 1 is 0.814 bits per heavy atom. The number of halogens is 5. The summed E-state index contributed by atoms with van der Waals surface area (Å²) in [4.78, 5) is 25.2. The zero-order valence-corrected chi connectivity index (χ0v) is 28.0. The van der Waals surface area contributed by atoms with Crippen molar-refractivity contribution in [3.05, 3.63) is 75.1 Å². The summed E-state index contributed by atoms with van der Waals surface area (Å²) in [7, 11) is 0. The molecule has 1 saturated heterocycles. The molecule has 5 rings (SSSR count). The Bertz CT molecular complexity index is 1680. The van der Waals surface area contributed by atoms with Gasteiger partial charge in [0.1, 0.15) is 17.3 Å². The number of fused-ring (bicyclic) bond motifs is 2. The molecule has 2 aromatic carbocycles. The maximum absolute atomic E-state index is 12.8. The van der Waals surface area contributed by atoms with Gasteiger partial charge in [0, 0.05) is 20.0 Å². The molecule has 7 nitrogen and oxygen atoms in total. The highest BCUT2D eigenvalue weighted by Crippen LogP contribution is 2.28. The van der Waals surface area contributed by atoms with Crippen molar-refractivity contribution in [3.63, 3.8) is 0 Å². The monoisotopic (exact) mass is 826 g/mol. The minimum atomic E-state index is -4.48. The van der Waals surface area contributed by atoms with E-state index in [1.807, 2.05) is 25.1 Å². The van der Waals surface area contributed by atoms with Crippen molar-refractivity contribution in [3.8, 4) is 11.9 Å². The molecule has 0 unspecified atom stereocenters. The lowest BCUT2D eigenvalue weighted by Gasteiger charge is -2.23. The second-order valence-electron chi connectivity index (χ2n) is 10.0. The lowest BCUT2D eigenvalue weighted by atomic mass is 10.1. The summed E-state index contributed by atoms with van der Waals surface area (Å²) in [6.45, 7) is 3.79. The van der Waals surface area contributed by atoms with Crippen LogP contribution in [-0.4, -0.2) is 32.1 Å². The maximum Gasteiger partial charge on any atom is 0.422 e. The summed E-state index contributed by atoms with van der Waals surface area (Å²) in [5, 5.41) is 0.986. The first-order valence-electron chi connectivity index (χ1n) is 13.9. The number of alkyl halides is 3.